The molecule has 102 valence electrons. The fraction of sp³-hybridized carbons (Fsp3) is 0.400. The minimum absolute atomic E-state index is 0.0210. The molecule has 0 amide bonds. The van der Waals surface area contributed by atoms with Gasteiger partial charge in [0.1, 0.15) is 0 Å². The molecule has 0 saturated heterocycles. The van der Waals surface area contributed by atoms with Gasteiger partial charge in [0.15, 0.2) is 5.13 Å². The number of hydrogen-bond donors (Lipinski definition) is 1. The van der Waals surface area contributed by atoms with Crippen LogP contribution in [0.2, 0.25) is 0 Å². The van der Waals surface area contributed by atoms with Gasteiger partial charge in [-0.25, -0.2) is 4.98 Å². The zero-order chi connectivity index (χ0) is 13.7. The summed E-state index contributed by atoms with van der Waals surface area (Å²) < 4.78 is 0. The highest BCUT2D eigenvalue weighted by Crippen LogP contribution is 2.22. The maximum atomic E-state index is 6.22. The molecule has 0 aliphatic carbocycles. The highest BCUT2D eigenvalue weighted by Gasteiger charge is 2.11. The first-order chi connectivity index (χ1) is 9.20. The second-order valence-corrected chi connectivity index (χ2v) is 5.60. The number of thiazole rings is 1. The Morgan fingerprint density at radius 2 is 2.05 bits per heavy atom. The largest absolute Gasteiger partial charge is 0.351 e. The smallest absolute Gasteiger partial charge is 0.185 e. The number of aromatic nitrogens is 1. The van der Waals surface area contributed by atoms with Gasteiger partial charge in [0.2, 0.25) is 0 Å². The van der Waals surface area contributed by atoms with Crippen LogP contribution in [0, 0.1) is 0 Å². The van der Waals surface area contributed by atoms with Crippen molar-refractivity contribution in [2.45, 2.75) is 25.8 Å². The molecule has 1 aromatic carbocycles. The van der Waals surface area contributed by atoms with E-state index < -0.39 is 0 Å². The molecule has 19 heavy (non-hydrogen) atoms. The zero-order valence-corrected chi connectivity index (χ0v) is 12.4. The monoisotopic (exact) mass is 275 g/mol. The zero-order valence-electron chi connectivity index (χ0n) is 11.5. The van der Waals surface area contributed by atoms with E-state index in [-0.39, 0.29) is 6.04 Å². The number of benzene rings is 1. The lowest BCUT2D eigenvalue weighted by atomic mass is 10.0. The standard InChI is InChI=1S/C15H21N3S/c1-3-9-18(2)15-17-13(11-19-15)10-14(16)12-7-5-4-6-8-12/h4-8,11,14H,3,9-10,16H2,1-2H3. The third-order valence-corrected chi connectivity index (χ3v) is 4.09. The van der Waals surface area contributed by atoms with E-state index in [1.54, 1.807) is 11.3 Å². The van der Waals surface area contributed by atoms with Crippen molar-refractivity contribution in [2.24, 2.45) is 5.73 Å². The molecule has 0 bridgehead atoms. The number of hydrogen-bond acceptors (Lipinski definition) is 4. The van der Waals surface area contributed by atoms with Crippen molar-refractivity contribution in [1.82, 2.24) is 4.98 Å². The van der Waals surface area contributed by atoms with Crippen molar-refractivity contribution in [3.8, 4) is 0 Å². The van der Waals surface area contributed by atoms with Gasteiger partial charge in [0.25, 0.3) is 0 Å². The van der Waals surface area contributed by atoms with Gasteiger partial charge in [0.05, 0.1) is 5.69 Å². The predicted molar refractivity (Wildman–Crippen MR) is 82.7 cm³/mol. The Bertz CT molecular complexity index is 495. The molecular weight excluding hydrogens is 254 g/mol. The van der Waals surface area contributed by atoms with Crippen LogP contribution in [0.25, 0.3) is 0 Å². The summed E-state index contributed by atoms with van der Waals surface area (Å²) in [6.07, 6.45) is 1.93. The molecule has 1 aromatic heterocycles. The van der Waals surface area contributed by atoms with E-state index in [4.69, 9.17) is 5.73 Å². The van der Waals surface area contributed by atoms with E-state index >= 15 is 0 Å². The van der Waals surface area contributed by atoms with Crippen LogP contribution in [-0.2, 0) is 6.42 Å². The lowest BCUT2D eigenvalue weighted by molar-refractivity contribution is 0.708. The van der Waals surface area contributed by atoms with Crippen molar-refractivity contribution in [3.63, 3.8) is 0 Å². The van der Waals surface area contributed by atoms with Gasteiger partial charge >= 0.3 is 0 Å². The molecule has 4 heteroatoms. The number of nitrogens with two attached hydrogens (primary N) is 1. The molecule has 2 aromatic rings. The Labute approximate surface area is 119 Å². The molecule has 0 saturated carbocycles. The summed E-state index contributed by atoms with van der Waals surface area (Å²) in [7, 11) is 2.09. The van der Waals surface area contributed by atoms with Crippen LogP contribution in [0.3, 0.4) is 0 Å². The molecule has 2 N–H and O–H groups in total. The fourth-order valence-electron chi connectivity index (χ4n) is 2.04. The lowest BCUT2D eigenvalue weighted by Gasteiger charge is -2.14. The Morgan fingerprint density at radius 3 is 2.74 bits per heavy atom. The van der Waals surface area contributed by atoms with Crippen molar-refractivity contribution < 1.29 is 0 Å². The van der Waals surface area contributed by atoms with Crippen LogP contribution in [-0.4, -0.2) is 18.6 Å². The molecule has 0 spiro atoms. The summed E-state index contributed by atoms with van der Waals surface area (Å²) in [4.78, 5) is 6.86. The number of nitrogens with zero attached hydrogens (tertiary/aromatic N) is 2. The van der Waals surface area contributed by atoms with E-state index in [1.165, 1.54) is 5.56 Å². The second-order valence-electron chi connectivity index (χ2n) is 4.76. The minimum Gasteiger partial charge on any atom is -0.351 e. The third-order valence-electron chi connectivity index (χ3n) is 3.08. The molecular formula is C15H21N3S. The van der Waals surface area contributed by atoms with Crippen molar-refractivity contribution in [1.29, 1.82) is 0 Å². The summed E-state index contributed by atoms with van der Waals surface area (Å²) >= 11 is 1.69. The lowest BCUT2D eigenvalue weighted by Crippen LogP contribution is -2.18. The topological polar surface area (TPSA) is 42.2 Å². The van der Waals surface area contributed by atoms with Crippen molar-refractivity contribution in [2.75, 3.05) is 18.5 Å². The highest BCUT2D eigenvalue weighted by molar-refractivity contribution is 7.13. The van der Waals surface area contributed by atoms with E-state index in [9.17, 15) is 0 Å². The second kappa shape index (κ2) is 6.68. The van der Waals surface area contributed by atoms with E-state index in [0.717, 1.165) is 30.2 Å². The summed E-state index contributed by atoms with van der Waals surface area (Å²) in [5.41, 5.74) is 8.47. The van der Waals surface area contributed by atoms with Crippen LogP contribution in [0.5, 0.6) is 0 Å². The Hall–Kier alpha value is -1.39. The Balaban J connectivity index is 2.00. The van der Waals surface area contributed by atoms with Gasteiger partial charge in [-0.15, -0.1) is 11.3 Å². The average Bonchev–Trinajstić information content (AvgIpc) is 2.88. The molecule has 0 radical (unpaired) electrons. The predicted octanol–water partition coefficient (Wildman–Crippen LogP) is 3.23. The summed E-state index contributed by atoms with van der Waals surface area (Å²) in [5, 5.41) is 3.20. The quantitative estimate of drug-likeness (QED) is 0.880. The van der Waals surface area contributed by atoms with Crippen LogP contribution < -0.4 is 10.6 Å². The molecule has 1 atom stereocenters. The summed E-state index contributed by atoms with van der Waals surface area (Å²) in [5.74, 6) is 0. The van der Waals surface area contributed by atoms with Crippen LogP contribution >= 0.6 is 11.3 Å². The van der Waals surface area contributed by atoms with Crippen molar-refractivity contribution in [3.05, 3.63) is 47.0 Å². The number of anilines is 1. The average molecular weight is 275 g/mol. The molecule has 1 heterocycles. The molecule has 0 aliphatic heterocycles. The van der Waals surface area contributed by atoms with Gasteiger partial charge in [-0.05, 0) is 12.0 Å². The van der Waals surface area contributed by atoms with Crippen LogP contribution in [0.4, 0.5) is 5.13 Å². The SMILES string of the molecule is CCCN(C)c1nc(CC(N)c2ccccc2)cs1. The third kappa shape index (κ3) is 3.78. The van der Waals surface area contributed by atoms with Gasteiger partial charge in [-0.3, -0.25) is 0 Å². The first-order valence-electron chi connectivity index (χ1n) is 6.66. The molecule has 0 aliphatic rings. The van der Waals surface area contributed by atoms with Crippen molar-refractivity contribution >= 4 is 16.5 Å². The highest BCUT2D eigenvalue weighted by atomic mass is 32.1. The Kier molecular flexibility index (Phi) is 4.93. The molecule has 0 fully saturated rings. The first kappa shape index (κ1) is 14.0. The van der Waals surface area contributed by atoms with Gasteiger partial charge in [-0.1, -0.05) is 37.3 Å². The van der Waals surface area contributed by atoms with Crippen LogP contribution in [0.15, 0.2) is 35.7 Å². The fourth-order valence-corrected chi connectivity index (χ4v) is 2.87. The molecule has 2 rings (SSSR count). The number of rotatable bonds is 6. The minimum atomic E-state index is 0.0210. The maximum absolute atomic E-state index is 6.22. The maximum Gasteiger partial charge on any atom is 0.185 e. The van der Waals surface area contributed by atoms with Gasteiger partial charge in [0, 0.05) is 31.4 Å². The van der Waals surface area contributed by atoms with E-state index in [1.807, 2.05) is 18.2 Å². The first-order valence-corrected chi connectivity index (χ1v) is 7.54. The van der Waals surface area contributed by atoms with Crippen LogP contribution in [0.1, 0.15) is 30.6 Å². The summed E-state index contributed by atoms with van der Waals surface area (Å²) in [6, 6.07) is 10.2. The van der Waals surface area contributed by atoms with E-state index in [2.05, 4.69) is 41.4 Å². The van der Waals surface area contributed by atoms with Gasteiger partial charge in [-0.2, -0.15) is 0 Å². The summed E-state index contributed by atoms with van der Waals surface area (Å²) in [6.45, 7) is 3.22. The molecule has 3 nitrogen and oxygen atoms in total. The Morgan fingerprint density at radius 1 is 1.32 bits per heavy atom. The van der Waals surface area contributed by atoms with E-state index in [0.29, 0.717) is 0 Å². The molecule has 1 unspecified atom stereocenters. The normalized spacial score (nSPS) is 12.4. The van der Waals surface area contributed by atoms with Gasteiger partial charge < -0.3 is 10.6 Å².